The van der Waals surface area contributed by atoms with E-state index in [9.17, 15) is 4.79 Å². The summed E-state index contributed by atoms with van der Waals surface area (Å²) in [5.41, 5.74) is 3.69. The first-order valence-electron chi connectivity index (χ1n) is 11.3. The molecule has 0 N–H and O–H groups in total. The molecule has 0 saturated carbocycles. The van der Waals surface area contributed by atoms with Crippen LogP contribution in [0.1, 0.15) is 47.8 Å². The van der Waals surface area contributed by atoms with Crippen LogP contribution in [0.4, 0.5) is 5.82 Å². The molecule has 5 nitrogen and oxygen atoms in total. The number of nitrogens with zero attached hydrogens (tertiary/aromatic N) is 4. The lowest BCUT2D eigenvalue weighted by molar-refractivity contribution is 0.0767. The second-order valence-corrected chi connectivity index (χ2v) is 9.55. The first-order valence-corrected chi connectivity index (χ1v) is 12.0. The minimum absolute atomic E-state index is 0.0471. The molecule has 0 atom stereocenters. The molecule has 2 heterocycles. The van der Waals surface area contributed by atoms with Crippen LogP contribution in [0.2, 0.25) is 10.0 Å². The molecule has 1 saturated heterocycles. The van der Waals surface area contributed by atoms with Gasteiger partial charge in [-0.1, -0.05) is 67.4 Å². The van der Waals surface area contributed by atoms with E-state index in [1.807, 2.05) is 35.2 Å². The van der Waals surface area contributed by atoms with Crippen LogP contribution in [-0.2, 0) is 0 Å². The van der Waals surface area contributed by atoms with E-state index in [4.69, 9.17) is 33.2 Å². The number of carbonyl (C=O) groups is 1. The zero-order valence-electron chi connectivity index (χ0n) is 19.2. The van der Waals surface area contributed by atoms with Crippen LogP contribution in [0.3, 0.4) is 0 Å². The Balaban J connectivity index is 1.62. The summed E-state index contributed by atoms with van der Waals surface area (Å²) < 4.78 is 0. The van der Waals surface area contributed by atoms with Crippen molar-refractivity contribution in [3.8, 4) is 11.4 Å². The van der Waals surface area contributed by atoms with Crippen molar-refractivity contribution in [1.82, 2.24) is 14.9 Å². The zero-order valence-corrected chi connectivity index (χ0v) is 20.7. The summed E-state index contributed by atoms with van der Waals surface area (Å²) >= 11 is 12.2. The summed E-state index contributed by atoms with van der Waals surface area (Å²) in [5, 5.41) is 0.933. The number of anilines is 1. The molecule has 1 amide bonds. The summed E-state index contributed by atoms with van der Waals surface area (Å²) in [6.07, 6.45) is 0.849. The number of hydrogen-bond acceptors (Lipinski definition) is 4. The van der Waals surface area contributed by atoms with Crippen LogP contribution in [0.5, 0.6) is 0 Å². The standard InChI is InChI=1S/C26H28Cl2N4O/c1-17(2)23-18(3)29-24(19-8-5-4-6-9-19)30-25(23)31-10-7-11-32(13-12-31)26(33)20-14-21(27)16-22(28)15-20/h4-6,8-9,14-17H,7,10-13H2,1-3H3. The molecule has 0 radical (unpaired) electrons. The Morgan fingerprint density at radius 2 is 1.64 bits per heavy atom. The highest BCUT2D eigenvalue weighted by Gasteiger charge is 2.25. The predicted octanol–water partition coefficient (Wildman–Crippen LogP) is 6.23. The summed E-state index contributed by atoms with van der Waals surface area (Å²) in [6, 6.07) is 15.1. The normalized spacial score (nSPS) is 14.5. The topological polar surface area (TPSA) is 49.3 Å². The van der Waals surface area contributed by atoms with Crippen molar-refractivity contribution < 1.29 is 4.79 Å². The number of benzene rings is 2. The fourth-order valence-corrected chi connectivity index (χ4v) is 4.92. The molecule has 1 aromatic heterocycles. The van der Waals surface area contributed by atoms with Crippen molar-refractivity contribution >= 4 is 34.9 Å². The molecule has 4 rings (SSSR count). The maximum atomic E-state index is 13.1. The summed E-state index contributed by atoms with van der Waals surface area (Å²) in [6.45, 7) is 9.20. The Morgan fingerprint density at radius 1 is 0.939 bits per heavy atom. The molecule has 0 unspecified atom stereocenters. The first-order chi connectivity index (χ1) is 15.8. The van der Waals surface area contributed by atoms with Crippen molar-refractivity contribution in [3.63, 3.8) is 0 Å². The minimum atomic E-state index is -0.0471. The molecule has 0 spiro atoms. The van der Waals surface area contributed by atoms with E-state index in [0.717, 1.165) is 41.4 Å². The van der Waals surface area contributed by atoms with Crippen molar-refractivity contribution in [2.24, 2.45) is 0 Å². The maximum Gasteiger partial charge on any atom is 0.254 e. The van der Waals surface area contributed by atoms with Gasteiger partial charge in [0.2, 0.25) is 0 Å². The van der Waals surface area contributed by atoms with Crippen LogP contribution in [0, 0.1) is 6.92 Å². The van der Waals surface area contributed by atoms with Gasteiger partial charge in [-0.3, -0.25) is 4.79 Å². The van der Waals surface area contributed by atoms with E-state index in [-0.39, 0.29) is 5.91 Å². The highest BCUT2D eigenvalue weighted by molar-refractivity contribution is 6.35. The van der Waals surface area contributed by atoms with Crippen LogP contribution < -0.4 is 4.90 Å². The van der Waals surface area contributed by atoms with Gasteiger partial charge in [-0.05, 0) is 37.5 Å². The third-order valence-electron chi connectivity index (χ3n) is 5.92. The van der Waals surface area contributed by atoms with Gasteiger partial charge in [0.25, 0.3) is 5.91 Å². The van der Waals surface area contributed by atoms with Gasteiger partial charge in [0, 0.05) is 58.6 Å². The molecular weight excluding hydrogens is 455 g/mol. The fraction of sp³-hybridized carbons (Fsp3) is 0.346. The third kappa shape index (κ3) is 5.31. The van der Waals surface area contributed by atoms with Gasteiger partial charge < -0.3 is 9.80 Å². The van der Waals surface area contributed by atoms with Crippen molar-refractivity contribution in [2.45, 2.75) is 33.1 Å². The lowest BCUT2D eigenvalue weighted by Crippen LogP contribution is -2.35. The average Bonchev–Trinajstić information content (AvgIpc) is 3.04. The van der Waals surface area contributed by atoms with E-state index >= 15 is 0 Å². The summed E-state index contributed by atoms with van der Waals surface area (Å²) in [7, 11) is 0. The van der Waals surface area contributed by atoms with Gasteiger partial charge >= 0.3 is 0 Å². The van der Waals surface area contributed by atoms with Crippen molar-refractivity contribution in [2.75, 3.05) is 31.1 Å². The van der Waals surface area contributed by atoms with Gasteiger partial charge in [-0.25, -0.2) is 9.97 Å². The van der Waals surface area contributed by atoms with Crippen LogP contribution >= 0.6 is 23.2 Å². The number of carbonyl (C=O) groups excluding carboxylic acids is 1. The molecule has 1 aliphatic rings. The van der Waals surface area contributed by atoms with E-state index in [2.05, 4.69) is 25.7 Å². The molecule has 3 aromatic rings. The molecule has 2 aromatic carbocycles. The Kier molecular flexibility index (Phi) is 7.20. The number of amides is 1. The highest BCUT2D eigenvalue weighted by atomic mass is 35.5. The van der Waals surface area contributed by atoms with Gasteiger partial charge in [-0.15, -0.1) is 0 Å². The number of hydrogen-bond donors (Lipinski definition) is 0. The number of aromatic nitrogens is 2. The minimum Gasteiger partial charge on any atom is -0.354 e. The SMILES string of the molecule is Cc1nc(-c2ccccc2)nc(N2CCCN(C(=O)c3cc(Cl)cc(Cl)c3)CC2)c1C(C)C. The Hall–Kier alpha value is -2.63. The van der Waals surface area contributed by atoms with E-state index < -0.39 is 0 Å². The molecule has 33 heavy (non-hydrogen) atoms. The maximum absolute atomic E-state index is 13.1. The van der Waals surface area contributed by atoms with Gasteiger partial charge in [0.15, 0.2) is 5.82 Å². The van der Waals surface area contributed by atoms with Crippen LogP contribution in [0.25, 0.3) is 11.4 Å². The highest BCUT2D eigenvalue weighted by Crippen LogP contribution is 2.31. The Bertz CT molecular complexity index is 1130. The zero-order chi connectivity index (χ0) is 23.5. The molecule has 172 valence electrons. The molecule has 0 bridgehead atoms. The number of aryl methyl sites for hydroxylation is 1. The van der Waals surface area contributed by atoms with Crippen LogP contribution in [0.15, 0.2) is 48.5 Å². The quantitative estimate of drug-likeness (QED) is 0.441. The van der Waals surface area contributed by atoms with Crippen molar-refractivity contribution in [3.05, 3.63) is 75.4 Å². The second kappa shape index (κ2) is 10.1. The van der Waals surface area contributed by atoms with Gasteiger partial charge in [0.05, 0.1) is 0 Å². The Labute approximate surface area is 205 Å². The predicted molar refractivity (Wildman–Crippen MR) is 135 cm³/mol. The molecule has 1 fully saturated rings. The number of rotatable bonds is 4. The van der Waals surface area contributed by atoms with Crippen LogP contribution in [-0.4, -0.2) is 47.0 Å². The van der Waals surface area contributed by atoms with E-state index in [1.165, 1.54) is 0 Å². The van der Waals surface area contributed by atoms with E-state index in [1.54, 1.807) is 18.2 Å². The second-order valence-electron chi connectivity index (χ2n) is 8.68. The molecular formula is C26H28Cl2N4O. The third-order valence-corrected chi connectivity index (χ3v) is 6.35. The Morgan fingerprint density at radius 3 is 2.30 bits per heavy atom. The van der Waals surface area contributed by atoms with Crippen molar-refractivity contribution in [1.29, 1.82) is 0 Å². The lowest BCUT2D eigenvalue weighted by Gasteiger charge is -2.27. The first kappa shape index (κ1) is 23.5. The van der Waals surface area contributed by atoms with Gasteiger partial charge in [-0.2, -0.15) is 0 Å². The monoisotopic (exact) mass is 482 g/mol. The average molecular weight is 483 g/mol. The molecule has 7 heteroatoms. The summed E-state index contributed by atoms with van der Waals surface area (Å²) in [4.78, 5) is 27.1. The van der Waals surface area contributed by atoms with Gasteiger partial charge in [0.1, 0.15) is 5.82 Å². The fourth-order valence-electron chi connectivity index (χ4n) is 4.39. The largest absolute Gasteiger partial charge is 0.354 e. The van der Waals surface area contributed by atoms with E-state index in [0.29, 0.717) is 41.2 Å². The lowest BCUT2D eigenvalue weighted by atomic mass is 10.0. The summed E-state index contributed by atoms with van der Waals surface area (Å²) in [5.74, 6) is 1.95. The smallest absolute Gasteiger partial charge is 0.254 e. The number of halogens is 2. The molecule has 1 aliphatic heterocycles. The molecule has 0 aliphatic carbocycles.